The SMILES string of the molecule is O=C=CC[Si]. The molecule has 0 spiro atoms. The Morgan fingerprint density at radius 2 is 2.60 bits per heavy atom. The van der Waals surface area contributed by atoms with Crippen molar-refractivity contribution in [2.24, 2.45) is 0 Å². The number of rotatable bonds is 1. The van der Waals surface area contributed by atoms with Gasteiger partial charge in [-0.05, 0) is 12.1 Å². The highest BCUT2D eigenvalue weighted by molar-refractivity contribution is 6.10. The van der Waals surface area contributed by atoms with Gasteiger partial charge in [-0.15, -0.1) is 0 Å². The molecule has 0 saturated heterocycles. The normalized spacial score (nSPS) is 5.80. The summed E-state index contributed by atoms with van der Waals surface area (Å²) in [6.45, 7) is 0. The first-order valence-corrected chi connectivity index (χ1v) is 1.96. The number of hydrogen-bond donors (Lipinski definition) is 0. The molecule has 5 heavy (non-hydrogen) atoms. The van der Waals surface area contributed by atoms with Crippen LogP contribution in [-0.2, 0) is 4.79 Å². The van der Waals surface area contributed by atoms with E-state index in [9.17, 15) is 4.79 Å². The van der Waals surface area contributed by atoms with Crippen LogP contribution in [0.3, 0.4) is 0 Å². The molecule has 0 aliphatic rings. The lowest BCUT2D eigenvalue weighted by molar-refractivity contribution is 0.568. The standard InChI is InChI=1S/C3H3OSi/c4-2-1-3-5/h1H,3H2. The Labute approximate surface area is 34.1 Å². The summed E-state index contributed by atoms with van der Waals surface area (Å²) in [5, 5.41) is 0. The first kappa shape index (κ1) is 4.67. The van der Waals surface area contributed by atoms with Crippen molar-refractivity contribution >= 4 is 16.2 Å². The van der Waals surface area contributed by atoms with E-state index in [-0.39, 0.29) is 0 Å². The summed E-state index contributed by atoms with van der Waals surface area (Å²) in [6.07, 6.45) is 1.36. The van der Waals surface area contributed by atoms with Crippen LogP contribution >= 0.6 is 0 Å². The zero-order valence-corrected chi connectivity index (χ0v) is 3.69. The summed E-state index contributed by atoms with van der Waals surface area (Å²) in [5.41, 5.74) is 0. The van der Waals surface area contributed by atoms with Crippen LogP contribution in [-0.4, -0.2) is 16.2 Å². The van der Waals surface area contributed by atoms with Crippen molar-refractivity contribution in [2.45, 2.75) is 6.04 Å². The fourth-order valence-corrected chi connectivity index (χ4v) is 0.125. The molecule has 0 heterocycles. The fraction of sp³-hybridized carbons (Fsp3) is 0.333. The molecule has 0 unspecified atom stereocenters. The van der Waals surface area contributed by atoms with Crippen LogP contribution in [0.1, 0.15) is 0 Å². The lowest BCUT2D eigenvalue weighted by Gasteiger charge is -1.54. The van der Waals surface area contributed by atoms with Gasteiger partial charge >= 0.3 is 0 Å². The second-order valence-electron chi connectivity index (χ2n) is 0.526. The molecule has 0 fully saturated rings. The molecule has 3 radical (unpaired) electrons. The predicted molar refractivity (Wildman–Crippen MR) is 20.8 cm³/mol. The molecule has 25 valence electrons. The zero-order chi connectivity index (χ0) is 4.12. The Morgan fingerprint density at radius 1 is 2.00 bits per heavy atom. The van der Waals surface area contributed by atoms with Gasteiger partial charge in [0.15, 0.2) is 0 Å². The van der Waals surface area contributed by atoms with Crippen molar-refractivity contribution in [1.29, 1.82) is 0 Å². The molecule has 0 aromatic heterocycles. The summed E-state index contributed by atoms with van der Waals surface area (Å²) in [6, 6.07) is 0.601. The van der Waals surface area contributed by atoms with Crippen LogP contribution in [0.15, 0.2) is 6.08 Å². The third-order valence-corrected chi connectivity index (χ3v) is 0.390. The minimum Gasteiger partial charge on any atom is -0.234 e. The molecule has 0 bridgehead atoms. The minimum atomic E-state index is 0.601. The molecule has 0 rings (SSSR count). The fourth-order valence-electron chi connectivity index (χ4n) is 0.0417. The molecule has 0 atom stereocenters. The first-order chi connectivity index (χ1) is 2.41. The average Bonchev–Trinajstić information content (AvgIpc) is 1.41. The number of hydrogen-bond acceptors (Lipinski definition) is 1. The van der Waals surface area contributed by atoms with Gasteiger partial charge in [-0.25, -0.2) is 4.79 Å². The van der Waals surface area contributed by atoms with Gasteiger partial charge in [0.05, 0.1) is 0 Å². The van der Waals surface area contributed by atoms with Gasteiger partial charge < -0.3 is 0 Å². The predicted octanol–water partition coefficient (Wildman–Crippen LogP) is -0.0390. The number of carbonyl (C=O) groups excluding carboxylic acids is 1. The molecule has 0 aromatic carbocycles. The van der Waals surface area contributed by atoms with Crippen molar-refractivity contribution in [2.75, 3.05) is 0 Å². The van der Waals surface area contributed by atoms with Gasteiger partial charge in [-0.3, -0.25) is 0 Å². The lowest BCUT2D eigenvalue weighted by Crippen LogP contribution is -1.53. The van der Waals surface area contributed by atoms with Gasteiger partial charge in [-0.1, -0.05) is 0 Å². The summed E-state index contributed by atoms with van der Waals surface area (Å²) in [7, 11) is 3.03. The van der Waals surface area contributed by atoms with Gasteiger partial charge in [0, 0.05) is 10.2 Å². The molecule has 0 aromatic rings. The Hall–Kier alpha value is -0.333. The molecule has 1 nitrogen and oxygen atoms in total. The molecule has 0 saturated carbocycles. The smallest absolute Gasteiger partial charge is 0.119 e. The van der Waals surface area contributed by atoms with Crippen LogP contribution < -0.4 is 0 Å². The zero-order valence-electron chi connectivity index (χ0n) is 2.69. The molecule has 0 amide bonds. The third-order valence-electron chi connectivity index (χ3n) is 0.185. The second-order valence-corrected chi connectivity index (χ2v) is 0.934. The van der Waals surface area contributed by atoms with Crippen molar-refractivity contribution in [3.05, 3.63) is 6.08 Å². The van der Waals surface area contributed by atoms with E-state index in [2.05, 4.69) is 10.2 Å². The van der Waals surface area contributed by atoms with Crippen LogP contribution in [0.5, 0.6) is 0 Å². The van der Waals surface area contributed by atoms with Crippen molar-refractivity contribution in [3.8, 4) is 0 Å². The highest BCUT2D eigenvalue weighted by Gasteiger charge is 1.54. The van der Waals surface area contributed by atoms with E-state index in [0.717, 1.165) is 0 Å². The Morgan fingerprint density at radius 3 is 2.60 bits per heavy atom. The van der Waals surface area contributed by atoms with Crippen molar-refractivity contribution < 1.29 is 4.79 Å². The van der Waals surface area contributed by atoms with E-state index in [0.29, 0.717) is 6.04 Å². The Bertz CT molecular complexity index is 53.9. The van der Waals surface area contributed by atoms with Crippen LogP contribution in [0.4, 0.5) is 0 Å². The third kappa shape index (κ3) is 3.67. The maximum atomic E-state index is 9.19. The largest absolute Gasteiger partial charge is 0.234 e. The summed E-state index contributed by atoms with van der Waals surface area (Å²) >= 11 is 0. The summed E-state index contributed by atoms with van der Waals surface area (Å²) in [4.78, 5) is 9.19. The van der Waals surface area contributed by atoms with E-state index in [4.69, 9.17) is 0 Å². The van der Waals surface area contributed by atoms with Gasteiger partial charge in [-0.2, -0.15) is 0 Å². The summed E-state index contributed by atoms with van der Waals surface area (Å²) in [5.74, 6) is 1.59. The van der Waals surface area contributed by atoms with E-state index in [1.807, 2.05) is 0 Å². The lowest BCUT2D eigenvalue weighted by atomic mass is 10.8. The van der Waals surface area contributed by atoms with Gasteiger partial charge in [0.2, 0.25) is 0 Å². The van der Waals surface area contributed by atoms with Crippen molar-refractivity contribution in [1.82, 2.24) is 0 Å². The average molecular weight is 83.1 g/mol. The maximum Gasteiger partial charge on any atom is 0.119 e. The molecular formula is C3H3OSi. The molecule has 2 heteroatoms. The van der Waals surface area contributed by atoms with Gasteiger partial charge in [0.1, 0.15) is 5.94 Å². The molecule has 0 aliphatic heterocycles. The second kappa shape index (κ2) is 3.67. The molecule has 0 aliphatic carbocycles. The molecular weight excluding hydrogens is 80.1 g/mol. The van der Waals surface area contributed by atoms with E-state index in [1.165, 1.54) is 6.08 Å². The van der Waals surface area contributed by atoms with Gasteiger partial charge in [0.25, 0.3) is 0 Å². The quantitative estimate of drug-likeness (QED) is 0.321. The maximum absolute atomic E-state index is 9.19. The highest BCUT2D eigenvalue weighted by atomic mass is 28.1. The van der Waals surface area contributed by atoms with Crippen molar-refractivity contribution in [3.63, 3.8) is 0 Å². The van der Waals surface area contributed by atoms with E-state index < -0.39 is 0 Å². The van der Waals surface area contributed by atoms with Crippen LogP contribution in [0.25, 0.3) is 0 Å². The number of allylic oxidation sites excluding steroid dienone is 1. The van der Waals surface area contributed by atoms with Crippen LogP contribution in [0.2, 0.25) is 6.04 Å². The molecule has 0 N–H and O–H groups in total. The van der Waals surface area contributed by atoms with E-state index >= 15 is 0 Å². The topological polar surface area (TPSA) is 17.1 Å². The van der Waals surface area contributed by atoms with E-state index in [1.54, 1.807) is 5.94 Å². The van der Waals surface area contributed by atoms with Crippen LogP contribution in [0, 0.1) is 0 Å². The minimum absolute atomic E-state index is 0.601. The Kier molecular flexibility index (Phi) is 3.42. The summed E-state index contributed by atoms with van der Waals surface area (Å²) < 4.78 is 0. The highest BCUT2D eigenvalue weighted by Crippen LogP contribution is 1.60. The first-order valence-electron chi connectivity index (χ1n) is 1.25. The Balaban J connectivity index is 2.93. The monoisotopic (exact) mass is 83.0 g/mol.